The first-order chi connectivity index (χ1) is 8.77. The van der Waals surface area contributed by atoms with Crippen LogP contribution in [0, 0.1) is 0 Å². The Morgan fingerprint density at radius 2 is 1.89 bits per heavy atom. The van der Waals surface area contributed by atoms with E-state index < -0.39 is 16.3 Å². The fourth-order valence-corrected chi connectivity index (χ4v) is 2.33. The molecule has 2 rings (SSSR count). The monoisotopic (exact) mass is 283 g/mol. The first-order valence-electron chi connectivity index (χ1n) is 5.46. The van der Waals surface area contributed by atoms with Gasteiger partial charge in [-0.05, 0) is 30.5 Å². The molecule has 0 amide bonds. The average molecular weight is 283 g/mol. The van der Waals surface area contributed by atoms with E-state index in [2.05, 4.69) is 5.32 Å². The molecule has 0 aliphatic rings. The number of hydrogen-bond acceptors (Lipinski definition) is 5. The number of aliphatic hydroxyl groups is 1. The van der Waals surface area contributed by atoms with Gasteiger partial charge in [0.05, 0.1) is 4.90 Å². The van der Waals surface area contributed by atoms with Gasteiger partial charge in [-0.1, -0.05) is 6.07 Å². The molecule has 0 saturated heterocycles. The van der Waals surface area contributed by atoms with Crippen molar-refractivity contribution < 1.29 is 23.2 Å². The molecule has 19 heavy (non-hydrogen) atoms. The second kappa shape index (κ2) is 4.69. The molecule has 4 N–H and O–H groups in total. The van der Waals surface area contributed by atoms with E-state index in [0.29, 0.717) is 16.5 Å². The molecule has 0 aliphatic heterocycles. The maximum Gasteiger partial charge on any atom is 0.294 e. The van der Waals surface area contributed by atoms with Crippen LogP contribution in [0.3, 0.4) is 0 Å². The van der Waals surface area contributed by atoms with E-state index in [0.717, 1.165) is 6.07 Å². The van der Waals surface area contributed by atoms with Crippen LogP contribution in [-0.2, 0) is 10.1 Å². The van der Waals surface area contributed by atoms with E-state index in [9.17, 15) is 18.6 Å². The van der Waals surface area contributed by atoms with E-state index in [4.69, 9.17) is 4.55 Å². The molecule has 0 heterocycles. The van der Waals surface area contributed by atoms with Crippen molar-refractivity contribution in [3.05, 3.63) is 30.3 Å². The van der Waals surface area contributed by atoms with Gasteiger partial charge in [0.25, 0.3) is 10.1 Å². The van der Waals surface area contributed by atoms with Crippen LogP contribution in [0.15, 0.2) is 35.2 Å². The number of fused-ring (bicyclic) bond motifs is 1. The lowest BCUT2D eigenvalue weighted by Crippen LogP contribution is -2.12. The Labute approximate surface area is 110 Å². The molecule has 0 radical (unpaired) electrons. The highest BCUT2D eigenvalue weighted by Crippen LogP contribution is 2.30. The van der Waals surface area contributed by atoms with Gasteiger partial charge in [-0.15, -0.1) is 0 Å². The van der Waals surface area contributed by atoms with Gasteiger partial charge in [0.1, 0.15) is 12.0 Å². The van der Waals surface area contributed by atoms with Crippen molar-refractivity contribution in [2.75, 3.05) is 5.32 Å². The summed E-state index contributed by atoms with van der Waals surface area (Å²) < 4.78 is 31.0. The van der Waals surface area contributed by atoms with Crippen LogP contribution in [0.4, 0.5) is 5.69 Å². The van der Waals surface area contributed by atoms with Crippen molar-refractivity contribution in [1.82, 2.24) is 0 Å². The maximum absolute atomic E-state index is 11.0. The predicted molar refractivity (Wildman–Crippen MR) is 70.7 cm³/mol. The number of aliphatic hydroxyl groups excluding tert-OH is 1. The van der Waals surface area contributed by atoms with Crippen molar-refractivity contribution in [3.63, 3.8) is 0 Å². The van der Waals surface area contributed by atoms with Crippen LogP contribution in [0.25, 0.3) is 10.8 Å². The Hall–Kier alpha value is -1.83. The lowest BCUT2D eigenvalue weighted by molar-refractivity contribution is 0.224. The summed E-state index contributed by atoms with van der Waals surface area (Å²) >= 11 is 0. The molecule has 2 aromatic rings. The quantitative estimate of drug-likeness (QED) is 0.503. The number of rotatable bonds is 3. The van der Waals surface area contributed by atoms with Crippen molar-refractivity contribution in [2.45, 2.75) is 18.0 Å². The number of nitrogens with one attached hydrogen (secondary N) is 1. The molecule has 0 aromatic heterocycles. The third-order valence-electron chi connectivity index (χ3n) is 2.58. The van der Waals surface area contributed by atoms with Gasteiger partial charge in [0.15, 0.2) is 0 Å². The van der Waals surface area contributed by atoms with Gasteiger partial charge < -0.3 is 15.5 Å². The largest absolute Gasteiger partial charge is 0.507 e. The third kappa shape index (κ3) is 2.95. The molecule has 0 saturated carbocycles. The Morgan fingerprint density at radius 1 is 1.21 bits per heavy atom. The van der Waals surface area contributed by atoms with Crippen molar-refractivity contribution in [2.24, 2.45) is 0 Å². The summed E-state index contributed by atoms with van der Waals surface area (Å²) in [5.41, 5.74) is 0.581. The van der Waals surface area contributed by atoms with Crippen LogP contribution in [0.5, 0.6) is 5.75 Å². The zero-order valence-electron chi connectivity index (χ0n) is 10.0. The fraction of sp³-hybridized carbons (Fsp3) is 0.167. The molecule has 0 spiro atoms. The number of anilines is 1. The summed E-state index contributed by atoms with van der Waals surface area (Å²) in [6.07, 6.45) is -0.753. The average Bonchev–Trinajstić information content (AvgIpc) is 2.27. The summed E-state index contributed by atoms with van der Waals surface area (Å²) in [7, 11) is -4.36. The molecule has 102 valence electrons. The van der Waals surface area contributed by atoms with E-state index in [-0.39, 0.29) is 10.6 Å². The molecule has 1 unspecified atom stereocenters. The van der Waals surface area contributed by atoms with Crippen molar-refractivity contribution >= 4 is 26.6 Å². The van der Waals surface area contributed by atoms with Crippen LogP contribution < -0.4 is 5.32 Å². The van der Waals surface area contributed by atoms with Crippen LogP contribution in [0.2, 0.25) is 0 Å². The van der Waals surface area contributed by atoms with E-state index >= 15 is 0 Å². The highest BCUT2D eigenvalue weighted by Gasteiger charge is 2.13. The Kier molecular flexibility index (Phi) is 3.36. The molecule has 2 aromatic carbocycles. The van der Waals surface area contributed by atoms with E-state index in [1.165, 1.54) is 6.07 Å². The standard InChI is InChI=1S/C12H13NO5S/c1-7(14)13-9-3-2-8-4-10(19(16,17)18)6-12(15)11(8)5-9/h2-7,13-15H,1H3,(H,16,17,18). The highest BCUT2D eigenvalue weighted by molar-refractivity contribution is 7.85. The van der Waals surface area contributed by atoms with Crippen LogP contribution >= 0.6 is 0 Å². The smallest absolute Gasteiger partial charge is 0.294 e. The fourth-order valence-electron chi connectivity index (χ4n) is 1.79. The second-order valence-electron chi connectivity index (χ2n) is 4.17. The third-order valence-corrected chi connectivity index (χ3v) is 3.41. The second-order valence-corrected chi connectivity index (χ2v) is 5.60. The summed E-state index contributed by atoms with van der Waals surface area (Å²) in [5, 5.41) is 22.6. The number of benzene rings is 2. The summed E-state index contributed by atoms with van der Waals surface area (Å²) in [6, 6.07) is 7.02. The molecule has 0 bridgehead atoms. The summed E-state index contributed by atoms with van der Waals surface area (Å²) in [4.78, 5) is -0.367. The zero-order chi connectivity index (χ0) is 14.2. The highest BCUT2D eigenvalue weighted by atomic mass is 32.2. The minimum atomic E-state index is -4.36. The van der Waals surface area contributed by atoms with Gasteiger partial charge in [0, 0.05) is 17.1 Å². The lowest BCUT2D eigenvalue weighted by atomic mass is 10.1. The van der Waals surface area contributed by atoms with Gasteiger partial charge in [-0.2, -0.15) is 8.42 Å². The molecule has 0 aliphatic carbocycles. The van der Waals surface area contributed by atoms with Gasteiger partial charge in [-0.3, -0.25) is 4.55 Å². The molecule has 7 heteroatoms. The van der Waals surface area contributed by atoms with E-state index in [1.807, 2.05) is 0 Å². The van der Waals surface area contributed by atoms with Gasteiger partial charge in [0.2, 0.25) is 0 Å². The lowest BCUT2D eigenvalue weighted by Gasteiger charge is -2.11. The van der Waals surface area contributed by atoms with Gasteiger partial charge >= 0.3 is 0 Å². The Morgan fingerprint density at radius 3 is 2.47 bits per heavy atom. The topological polar surface area (TPSA) is 107 Å². The van der Waals surface area contributed by atoms with E-state index in [1.54, 1.807) is 25.1 Å². The zero-order valence-corrected chi connectivity index (χ0v) is 10.8. The predicted octanol–water partition coefficient (Wildman–Crippen LogP) is 1.54. The summed E-state index contributed by atoms with van der Waals surface area (Å²) in [5.74, 6) is -0.264. The number of phenolic OH excluding ortho intramolecular Hbond substituents is 1. The first kappa shape index (κ1) is 13.6. The maximum atomic E-state index is 11.0. The molecule has 1 atom stereocenters. The molecule has 0 fully saturated rings. The number of hydrogen-bond donors (Lipinski definition) is 4. The Balaban J connectivity index is 2.60. The molecular formula is C12H13NO5S. The summed E-state index contributed by atoms with van der Waals surface area (Å²) in [6.45, 7) is 1.55. The first-order valence-corrected chi connectivity index (χ1v) is 6.90. The number of phenols is 1. The Bertz CT molecular complexity index is 724. The minimum absolute atomic E-state index is 0.264. The van der Waals surface area contributed by atoms with Crippen LogP contribution in [-0.4, -0.2) is 29.4 Å². The normalized spacial score (nSPS) is 13.4. The SMILES string of the molecule is CC(O)Nc1ccc2cc(S(=O)(=O)O)cc(O)c2c1. The minimum Gasteiger partial charge on any atom is -0.507 e. The van der Waals surface area contributed by atoms with Crippen molar-refractivity contribution in [3.8, 4) is 5.75 Å². The van der Waals surface area contributed by atoms with Gasteiger partial charge in [-0.25, -0.2) is 0 Å². The van der Waals surface area contributed by atoms with Crippen molar-refractivity contribution in [1.29, 1.82) is 0 Å². The van der Waals surface area contributed by atoms with Crippen LogP contribution in [0.1, 0.15) is 6.92 Å². The number of aromatic hydroxyl groups is 1. The molecule has 6 nitrogen and oxygen atoms in total. The molecular weight excluding hydrogens is 270 g/mol.